The Bertz CT molecular complexity index is 373. The predicted octanol–water partition coefficient (Wildman–Crippen LogP) is 4.03. The van der Waals surface area contributed by atoms with Gasteiger partial charge in [-0.15, -0.1) is 0 Å². The van der Waals surface area contributed by atoms with Crippen molar-refractivity contribution in [1.82, 2.24) is 5.32 Å². The van der Waals surface area contributed by atoms with E-state index >= 15 is 0 Å². The maximum absolute atomic E-state index is 5.61. The number of hydrogen-bond acceptors (Lipinski definition) is 2. The van der Waals surface area contributed by atoms with Crippen molar-refractivity contribution in [2.24, 2.45) is 5.92 Å². The first-order valence-corrected chi connectivity index (χ1v) is 7.77. The van der Waals surface area contributed by atoms with Crippen molar-refractivity contribution < 1.29 is 4.74 Å². The van der Waals surface area contributed by atoms with E-state index in [4.69, 9.17) is 4.74 Å². The van der Waals surface area contributed by atoms with Crippen LogP contribution in [0.25, 0.3) is 0 Å². The van der Waals surface area contributed by atoms with Crippen LogP contribution in [-0.4, -0.2) is 25.3 Å². The maximum Gasteiger partial charge on any atom is 0.0509 e. The van der Waals surface area contributed by atoms with Crippen LogP contribution in [0.5, 0.6) is 0 Å². The molecule has 1 rings (SSSR count). The molecule has 1 N–H and O–H groups in total. The molecule has 0 spiro atoms. The first kappa shape index (κ1) is 16.7. The Balaban J connectivity index is 2.58. The van der Waals surface area contributed by atoms with Crippen LogP contribution in [0.4, 0.5) is 0 Å². The summed E-state index contributed by atoms with van der Waals surface area (Å²) in [5, 5.41) is 3.57. The van der Waals surface area contributed by atoms with Gasteiger partial charge in [-0.2, -0.15) is 0 Å². The summed E-state index contributed by atoms with van der Waals surface area (Å²) in [5.41, 5.74) is 1.51. The number of benzene rings is 1. The second-order valence-electron chi connectivity index (χ2n) is 5.99. The summed E-state index contributed by atoms with van der Waals surface area (Å²) in [7, 11) is 0. The van der Waals surface area contributed by atoms with Gasteiger partial charge in [-0.25, -0.2) is 0 Å². The fraction of sp³-hybridized carbons (Fsp3) is 0.625. The molecule has 3 heteroatoms. The molecule has 19 heavy (non-hydrogen) atoms. The molecule has 0 radical (unpaired) electrons. The molecular formula is C16H26BrNO. The Morgan fingerprint density at radius 3 is 2.63 bits per heavy atom. The molecule has 1 aromatic carbocycles. The van der Waals surface area contributed by atoms with Gasteiger partial charge >= 0.3 is 0 Å². The highest BCUT2D eigenvalue weighted by Crippen LogP contribution is 2.16. The van der Waals surface area contributed by atoms with E-state index in [1.165, 1.54) is 5.56 Å². The van der Waals surface area contributed by atoms with Crippen molar-refractivity contribution >= 4 is 15.9 Å². The average molecular weight is 328 g/mol. The zero-order chi connectivity index (χ0) is 14.3. The van der Waals surface area contributed by atoms with E-state index in [1.54, 1.807) is 0 Å². The van der Waals surface area contributed by atoms with Gasteiger partial charge in [0.25, 0.3) is 0 Å². The first-order valence-electron chi connectivity index (χ1n) is 6.98. The van der Waals surface area contributed by atoms with E-state index in [1.807, 2.05) is 6.92 Å². The van der Waals surface area contributed by atoms with Gasteiger partial charge in [0.05, 0.1) is 6.61 Å². The third-order valence-corrected chi connectivity index (χ3v) is 3.39. The SMILES string of the molecule is CCOCC(CNC(C)(C)C)Cc1cccc(Br)c1. The minimum Gasteiger partial charge on any atom is -0.381 e. The van der Waals surface area contributed by atoms with Crippen LogP contribution in [0.15, 0.2) is 28.7 Å². The van der Waals surface area contributed by atoms with Crippen LogP contribution in [0.3, 0.4) is 0 Å². The van der Waals surface area contributed by atoms with E-state index < -0.39 is 0 Å². The third-order valence-electron chi connectivity index (χ3n) is 2.89. The molecule has 1 aromatic rings. The highest BCUT2D eigenvalue weighted by Gasteiger charge is 2.15. The predicted molar refractivity (Wildman–Crippen MR) is 85.6 cm³/mol. The van der Waals surface area contributed by atoms with Crippen molar-refractivity contribution in [2.75, 3.05) is 19.8 Å². The number of nitrogens with one attached hydrogen (secondary N) is 1. The molecule has 0 saturated heterocycles. The van der Waals surface area contributed by atoms with Crippen molar-refractivity contribution in [3.63, 3.8) is 0 Å². The Morgan fingerprint density at radius 1 is 1.32 bits per heavy atom. The summed E-state index contributed by atoms with van der Waals surface area (Å²) in [6.45, 7) is 11.2. The zero-order valence-electron chi connectivity index (χ0n) is 12.5. The molecule has 0 bridgehead atoms. The van der Waals surface area contributed by atoms with E-state index in [-0.39, 0.29) is 5.54 Å². The normalized spacial score (nSPS) is 13.5. The summed E-state index contributed by atoms with van der Waals surface area (Å²) in [6, 6.07) is 8.53. The van der Waals surface area contributed by atoms with Gasteiger partial charge < -0.3 is 10.1 Å². The van der Waals surface area contributed by atoms with E-state index in [0.29, 0.717) is 5.92 Å². The van der Waals surface area contributed by atoms with Crippen molar-refractivity contribution in [2.45, 2.75) is 39.7 Å². The van der Waals surface area contributed by atoms with Crippen LogP contribution in [0.2, 0.25) is 0 Å². The minimum atomic E-state index is 0.154. The highest BCUT2D eigenvalue weighted by molar-refractivity contribution is 9.10. The monoisotopic (exact) mass is 327 g/mol. The lowest BCUT2D eigenvalue weighted by molar-refractivity contribution is 0.107. The van der Waals surface area contributed by atoms with Crippen LogP contribution in [0, 0.1) is 5.92 Å². The second-order valence-corrected chi connectivity index (χ2v) is 6.91. The smallest absolute Gasteiger partial charge is 0.0509 e. The average Bonchev–Trinajstić information content (AvgIpc) is 2.31. The number of hydrogen-bond donors (Lipinski definition) is 1. The maximum atomic E-state index is 5.61. The molecule has 0 amide bonds. The summed E-state index contributed by atoms with van der Waals surface area (Å²) in [5.74, 6) is 0.508. The quantitative estimate of drug-likeness (QED) is 0.816. The number of rotatable bonds is 7. The molecule has 0 aliphatic heterocycles. The van der Waals surface area contributed by atoms with Crippen LogP contribution < -0.4 is 5.32 Å². The van der Waals surface area contributed by atoms with Crippen LogP contribution in [-0.2, 0) is 11.2 Å². The Labute approximate surface area is 126 Å². The van der Waals surface area contributed by atoms with Crippen molar-refractivity contribution in [3.8, 4) is 0 Å². The Morgan fingerprint density at radius 2 is 2.05 bits per heavy atom. The molecule has 1 atom stereocenters. The van der Waals surface area contributed by atoms with Gasteiger partial charge in [-0.1, -0.05) is 28.1 Å². The number of halogens is 1. The van der Waals surface area contributed by atoms with E-state index in [2.05, 4.69) is 66.3 Å². The molecule has 2 nitrogen and oxygen atoms in total. The fourth-order valence-electron chi connectivity index (χ4n) is 1.92. The van der Waals surface area contributed by atoms with Gasteiger partial charge in [0.1, 0.15) is 0 Å². The van der Waals surface area contributed by atoms with Gasteiger partial charge in [-0.3, -0.25) is 0 Å². The lowest BCUT2D eigenvalue weighted by Gasteiger charge is -2.25. The number of ether oxygens (including phenoxy) is 1. The lowest BCUT2D eigenvalue weighted by Crippen LogP contribution is -2.40. The minimum absolute atomic E-state index is 0.154. The largest absolute Gasteiger partial charge is 0.381 e. The summed E-state index contributed by atoms with van der Waals surface area (Å²) >= 11 is 3.53. The van der Waals surface area contributed by atoms with Crippen molar-refractivity contribution in [1.29, 1.82) is 0 Å². The van der Waals surface area contributed by atoms with Gasteiger partial charge in [-0.05, 0) is 57.7 Å². The Kier molecular flexibility index (Phi) is 7.05. The van der Waals surface area contributed by atoms with E-state index in [9.17, 15) is 0 Å². The molecule has 0 aliphatic carbocycles. The van der Waals surface area contributed by atoms with Gasteiger partial charge in [0.2, 0.25) is 0 Å². The van der Waals surface area contributed by atoms with Crippen molar-refractivity contribution in [3.05, 3.63) is 34.3 Å². The molecule has 0 fully saturated rings. The van der Waals surface area contributed by atoms with Crippen LogP contribution in [0.1, 0.15) is 33.3 Å². The molecule has 0 aliphatic rings. The molecular weight excluding hydrogens is 302 g/mol. The summed E-state index contributed by atoms with van der Waals surface area (Å²) < 4.78 is 6.75. The van der Waals surface area contributed by atoms with Gasteiger partial charge in [0.15, 0.2) is 0 Å². The fourth-order valence-corrected chi connectivity index (χ4v) is 2.37. The first-order chi connectivity index (χ1) is 8.90. The third kappa shape index (κ3) is 7.71. The molecule has 1 unspecified atom stereocenters. The molecule has 0 aromatic heterocycles. The summed E-state index contributed by atoms with van der Waals surface area (Å²) in [6.07, 6.45) is 1.04. The molecule has 0 saturated carbocycles. The highest BCUT2D eigenvalue weighted by atomic mass is 79.9. The standard InChI is InChI=1S/C16H26BrNO/c1-5-19-12-14(11-18-16(2,3)4)9-13-7-6-8-15(17)10-13/h6-8,10,14,18H,5,9,11-12H2,1-4H3. The topological polar surface area (TPSA) is 21.3 Å². The Hall–Kier alpha value is -0.380. The second kappa shape index (κ2) is 8.03. The zero-order valence-corrected chi connectivity index (χ0v) is 14.1. The van der Waals surface area contributed by atoms with Crippen LogP contribution >= 0.6 is 15.9 Å². The molecule has 0 heterocycles. The lowest BCUT2D eigenvalue weighted by atomic mass is 9.98. The molecule has 108 valence electrons. The summed E-state index contributed by atoms with van der Waals surface area (Å²) in [4.78, 5) is 0. The van der Waals surface area contributed by atoms with Gasteiger partial charge in [0, 0.05) is 23.2 Å². The van der Waals surface area contributed by atoms with E-state index in [0.717, 1.165) is 30.7 Å².